The summed E-state index contributed by atoms with van der Waals surface area (Å²) in [7, 11) is 3.45. The van der Waals surface area contributed by atoms with Crippen molar-refractivity contribution in [2.45, 2.75) is 6.54 Å². The predicted molar refractivity (Wildman–Crippen MR) is 132 cm³/mol. The fraction of sp³-hybridized carbons (Fsp3) is 0.409. The molecule has 0 radical (unpaired) electrons. The fourth-order valence-electron chi connectivity index (χ4n) is 3.36. The van der Waals surface area contributed by atoms with Crippen molar-refractivity contribution in [2.75, 3.05) is 58.3 Å². The molecule has 1 aliphatic heterocycles. The van der Waals surface area contributed by atoms with Gasteiger partial charge in [0.25, 0.3) is 0 Å². The number of rotatable bonds is 7. The number of hydrogen-bond acceptors (Lipinski definition) is 4. The van der Waals surface area contributed by atoms with Crippen LogP contribution in [-0.2, 0) is 6.54 Å². The average molecular weight is 527 g/mol. The summed E-state index contributed by atoms with van der Waals surface area (Å²) in [6, 6.07) is 14.7. The maximum atomic E-state index is 13.1. The highest BCUT2D eigenvalue weighted by Crippen LogP contribution is 2.16. The van der Waals surface area contributed by atoms with E-state index in [1.165, 1.54) is 17.7 Å². The minimum Gasteiger partial charge on any atom is -0.497 e. The average Bonchev–Trinajstić information content (AvgIpc) is 2.77. The van der Waals surface area contributed by atoms with Crippen LogP contribution < -0.4 is 20.3 Å². The predicted octanol–water partition coefficient (Wildman–Crippen LogP) is 2.94. The van der Waals surface area contributed by atoms with E-state index in [1.54, 1.807) is 14.2 Å². The van der Waals surface area contributed by atoms with Crippen LogP contribution in [0.3, 0.4) is 0 Å². The maximum Gasteiger partial charge on any atom is 0.191 e. The molecule has 2 aromatic carbocycles. The molecule has 0 bridgehead atoms. The van der Waals surface area contributed by atoms with Crippen LogP contribution in [-0.4, -0.2) is 64.3 Å². The lowest BCUT2D eigenvalue weighted by molar-refractivity contribution is 0.261. The van der Waals surface area contributed by atoms with E-state index in [4.69, 9.17) is 4.74 Å². The lowest BCUT2D eigenvalue weighted by Gasteiger charge is -2.36. The highest BCUT2D eigenvalue weighted by molar-refractivity contribution is 14.0. The third-order valence-electron chi connectivity index (χ3n) is 5.13. The van der Waals surface area contributed by atoms with E-state index < -0.39 is 0 Å². The van der Waals surface area contributed by atoms with Crippen LogP contribution in [0.25, 0.3) is 0 Å². The molecule has 8 heteroatoms. The Bertz CT molecular complexity index is 777. The monoisotopic (exact) mass is 527 g/mol. The molecule has 2 aromatic rings. The van der Waals surface area contributed by atoms with Gasteiger partial charge in [-0.2, -0.15) is 0 Å². The van der Waals surface area contributed by atoms with Crippen molar-refractivity contribution in [2.24, 2.45) is 4.99 Å². The third-order valence-corrected chi connectivity index (χ3v) is 5.13. The summed E-state index contributed by atoms with van der Waals surface area (Å²) in [5, 5.41) is 6.71. The van der Waals surface area contributed by atoms with Gasteiger partial charge in [-0.25, -0.2) is 4.39 Å². The highest BCUT2D eigenvalue weighted by atomic mass is 127. The number of anilines is 1. The fourth-order valence-corrected chi connectivity index (χ4v) is 3.36. The summed E-state index contributed by atoms with van der Waals surface area (Å²) in [6.07, 6.45) is 0. The van der Waals surface area contributed by atoms with Gasteiger partial charge < -0.3 is 20.3 Å². The van der Waals surface area contributed by atoms with Crippen molar-refractivity contribution in [3.8, 4) is 5.75 Å². The van der Waals surface area contributed by atoms with Gasteiger partial charge in [-0.05, 0) is 42.0 Å². The van der Waals surface area contributed by atoms with Crippen LogP contribution in [0.5, 0.6) is 5.75 Å². The molecule has 0 aliphatic carbocycles. The Morgan fingerprint density at radius 3 is 2.27 bits per heavy atom. The van der Waals surface area contributed by atoms with E-state index in [9.17, 15) is 4.39 Å². The number of piperazine rings is 1. The van der Waals surface area contributed by atoms with Crippen molar-refractivity contribution in [1.29, 1.82) is 0 Å². The minimum atomic E-state index is -0.188. The number of aliphatic imine (C=N–C) groups is 1. The van der Waals surface area contributed by atoms with Crippen LogP contribution in [0.4, 0.5) is 10.1 Å². The molecular formula is C22H31FIN5O. The van der Waals surface area contributed by atoms with E-state index in [1.807, 2.05) is 36.4 Å². The molecule has 2 N–H and O–H groups in total. The Labute approximate surface area is 195 Å². The maximum absolute atomic E-state index is 13.1. The summed E-state index contributed by atoms with van der Waals surface area (Å²) in [4.78, 5) is 9.03. The second kappa shape index (κ2) is 12.6. The largest absolute Gasteiger partial charge is 0.497 e. The molecule has 30 heavy (non-hydrogen) atoms. The Morgan fingerprint density at radius 2 is 1.67 bits per heavy atom. The molecule has 164 valence electrons. The number of ether oxygens (including phenoxy) is 1. The van der Waals surface area contributed by atoms with E-state index in [0.29, 0.717) is 6.54 Å². The Hall–Kier alpha value is -2.07. The zero-order chi connectivity index (χ0) is 20.5. The molecule has 0 saturated carbocycles. The smallest absolute Gasteiger partial charge is 0.191 e. The molecule has 3 rings (SSSR count). The first-order valence-corrected chi connectivity index (χ1v) is 9.98. The van der Waals surface area contributed by atoms with Crippen molar-refractivity contribution >= 4 is 35.6 Å². The van der Waals surface area contributed by atoms with E-state index in [0.717, 1.165) is 56.7 Å². The Balaban J connectivity index is 0.00000320. The highest BCUT2D eigenvalue weighted by Gasteiger charge is 2.16. The van der Waals surface area contributed by atoms with Crippen LogP contribution in [0.15, 0.2) is 53.5 Å². The molecule has 1 aliphatic rings. The van der Waals surface area contributed by atoms with Gasteiger partial charge in [-0.15, -0.1) is 24.0 Å². The lowest BCUT2D eigenvalue weighted by Crippen LogP contribution is -2.49. The van der Waals surface area contributed by atoms with Gasteiger partial charge in [0.05, 0.1) is 7.11 Å². The minimum absolute atomic E-state index is 0. The molecule has 1 fully saturated rings. The quantitative estimate of drug-likeness (QED) is 0.330. The topological polar surface area (TPSA) is 52.1 Å². The van der Waals surface area contributed by atoms with Crippen LogP contribution >= 0.6 is 24.0 Å². The van der Waals surface area contributed by atoms with Crippen molar-refractivity contribution < 1.29 is 9.13 Å². The molecule has 1 saturated heterocycles. The molecule has 1 heterocycles. The van der Waals surface area contributed by atoms with Gasteiger partial charge in [0.2, 0.25) is 0 Å². The number of guanidine groups is 1. The number of nitrogens with zero attached hydrogens (tertiary/aromatic N) is 3. The summed E-state index contributed by atoms with van der Waals surface area (Å²) in [6.45, 7) is 6.40. The third kappa shape index (κ3) is 7.32. The number of halogens is 2. The number of benzene rings is 2. The van der Waals surface area contributed by atoms with E-state index in [2.05, 4.69) is 25.4 Å². The van der Waals surface area contributed by atoms with Crippen LogP contribution in [0, 0.1) is 5.82 Å². The molecule has 6 nitrogen and oxygen atoms in total. The molecule has 0 aromatic heterocycles. The van der Waals surface area contributed by atoms with Gasteiger partial charge in [0, 0.05) is 58.5 Å². The SMILES string of the molecule is CN=C(NCCN1CCN(c2ccc(F)cc2)CC1)NCc1ccc(OC)cc1.I. The Morgan fingerprint density at radius 1 is 1.00 bits per heavy atom. The summed E-state index contributed by atoms with van der Waals surface area (Å²) in [5.41, 5.74) is 2.26. The normalized spacial score (nSPS) is 14.8. The zero-order valence-electron chi connectivity index (χ0n) is 17.6. The lowest BCUT2D eigenvalue weighted by atomic mass is 10.2. The summed E-state index contributed by atoms with van der Waals surface area (Å²) < 4.78 is 18.3. The molecule has 0 atom stereocenters. The molecule has 0 spiro atoms. The van der Waals surface area contributed by atoms with Gasteiger partial charge in [-0.1, -0.05) is 12.1 Å². The van der Waals surface area contributed by atoms with E-state index >= 15 is 0 Å². The van der Waals surface area contributed by atoms with Gasteiger partial charge in [0.1, 0.15) is 11.6 Å². The first-order valence-electron chi connectivity index (χ1n) is 9.98. The zero-order valence-corrected chi connectivity index (χ0v) is 19.9. The summed E-state index contributed by atoms with van der Waals surface area (Å²) >= 11 is 0. The van der Waals surface area contributed by atoms with E-state index in [-0.39, 0.29) is 29.8 Å². The number of methoxy groups -OCH3 is 1. The standard InChI is InChI=1S/C22H30FN5O.HI/c1-24-22(26-17-18-3-9-21(29-2)10-4-18)25-11-12-27-13-15-28(16-14-27)20-7-5-19(23)6-8-20;/h3-10H,11-17H2,1-2H3,(H2,24,25,26);1H. The second-order valence-corrected chi connectivity index (χ2v) is 7.01. The van der Waals surface area contributed by atoms with Gasteiger partial charge in [0.15, 0.2) is 5.96 Å². The molecule has 0 amide bonds. The molecule has 0 unspecified atom stereocenters. The van der Waals surface area contributed by atoms with Gasteiger partial charge >= 0.3 is 0 Å². The first kappa shape index (κ1) is 24.2. The van der Waals surface area contributed by atoms with Gasteiger partial charge in [-0.3, -0.25) is 9.89 Å². The molecular weight excluding hydrogens is 496 g/mol. The van der Waals surface area contributed by atoms with Crippen molar-refractivity contribution in [3.63, 3.8) is 0 Å². The first-order chi connectivity index (χ1) is 14.2. The Kier molecular flexibility index (Phi) is 10.2. The van der Waals surface area contributed by atoms with Crippen molar-refractivity contribution in [1.82, 2.24) is 15.5 Å². The second-order valence-electron chi connectivity index (χ2n) is 7.01. The van der Waals surface area contributed by atoms with Crippen LogP contribution in [0.1, 0.15) is 5.56 Å². The number of hydrogen-bond donors (Lipinski definition) is 2. The summed E-state index contributed by atoms with van der Waals surface area (Å²) in [5.74, 6) is 1.47. The number of nitrogens with one attached hydrogen (secondary N) is 2. The van der Waals surface area contributed by atoms with Crippen molar-refractivity contribution in [3.05, 3.63) is 59.9 Å². The van der Waals surface area contributed by atoms with Crippen LogP contribution in [0.2, 0.25) is 0 Å².